The maximum absolute atomic E-state index is 13.3. The number of carbonyl (C=O) groups excluding carboxylic acids is 1. The predicted octanol–water partition coefficient (Wildman–Crippen LogP) is 4.15. The molecule has 0 radical (unpaired) electrons. The van der Waals surface area contributed by atoms with Gasteiger partial charge in [0.25, 0.3) is 0 Å². The zero-order valence-electron chi connectivity index (χ0n) is 11.7. The molecule has 0 bridgehead atoms. The van der Waals surface area contributed by atoms with E-state index in [1.807, 2.05) is 13.0 Å². The third kappa shape index (κ3) is 3.05. The normalized spacial score (nSPS) is 10.3. The van der Waals surface area contributed by atoms with Gasteiger partial charge in [-0.15, -0.1) is 0 Å². The summed E-state index contributed by atoms with van der Waals surface area (Å²) in [6.07, 6.45) is 0.873. The molecule has 3 heteroatoms. The van der Waals surface area contributed by atoms with Crippen LogP contribution in [0.1, 0.15) is 34.8 Å². The highest BCUT2D eigenvalue weighted by Crippen LogP contribution is 2.22. The Labute approximate surface area is 118 Å². The average Bonchev–Trinajstić information content (AvgIpc) is 2.47. The number of halogens is 1. The molecule has 2 nitrogen and oxygen atoms in total. The SMILES string of the molecule is CCCOc1ccccc1C(=O)c1ccc(F)c(C)c1. The maximum atomic E-state index is 13.3. The molecule has 2 aromatic rings. The van der Waals surface area contributed by atoms with E-state index in [1.54, 1.807) is 31.2 Å². The zero-order valence-corrected chi connectivity index (χ0v) is 11.7. The fourth-order valence-corrected chi connectivity index (χ4v) is 1.93. The monoisotopic (exact) mass is 272 g/mol. The van der Waals surface area contributed by atoms with Crippen molar-refractivity contribution < 1.29 is 13.9 Å². The van der Waals surface area contributed by atoms with Crippen molar-refractivity contribution in [2.45, 2.75) is 20.3 Å². The first kappa shape index (κ1) is 14.3. The Morgan fingerprint density at radius 3 is 2.65 bits per heavy atom. The summed E-state index contributed by atoms with van der Waals surface area (Å²) in [5.74, 6) is 0.109. The molecule has 0 heterocycles. The quantitative estimate of drug-likeness (QED) is 0.764. The van der Waals surface area contributed by atoms with Crippen LogP contribution in [-0.4, -0.2) is 12.4 Å². The Morgan fingerprint density at radius 2 is 1.95 bits per heavy atom. The van der Waals surface area contributed by atoms with Gasteiger partial charge in [0.05, 0.1) is 12.2 Å². The molecule has 0 unspecified atom stereocenters. The molecule has 0 fully saturated rings. The molecule has 2 rings (SSSR count). The lowest BCUT2D eigenvalue weighted by molar-refractivity contribution is 0.103. The molecule has 0 spiro atoms. The number of carbonyl (C=O) groups is 1. The van der Waals surface area contributed by atoms with Crippen molar-refractivity contribution in [2.75, 3.05) is 6.61 Å². The lowest BCUT2D eigenvalue weighted by Crippen LogP contribution is -2.06. The van der Waals surface area contributed by atoms with Crippen molar-refractivity contribution >= 4 is 5.78 Å². The smallest absolute Gasteiger partial charge is 0.196 e. The summed E-state index contributed by atoms with van der Waals surface area (Å²) in [7, 11) is 0. The molecule has 0 atom stereocenters. The van der Waals surface area contributed by atoms with Crippen LogP contribution in [0, 0.1) is 12.7 Å². The summed E-state index contributed by atoms with van der Waals surface area (Å²) in [5.41, 5.74) is 1.44. The Morgan fingerprint density at radius 1 is 1.20 bits per heavy atom. The lowest BCUT2D eigenvalue weighted by atomic mass is 10.0. The minimum atomic E-state index is -0.308. The van der Waals surface area contributed by atoms with Crippen molar-refractivity contribution in [3.63, 3.8) is 0 Å². The fraction of sp³-hybridized carbons (Fsp3) is 0.235. The summed E-state index contributed by atoms with van der Waals surface area (Å²) in [6.45, 7) is 4.21. The Kier molecular flexibility index (Phi) is 4.51. The molecule has 0 N–H and O–H groups in total. The van der Waals surface area contributed by atoms with Gasteiger partial charge in [-0.05, 0) is 49.2 Å². The van der Waals surface area contributed by atoms with Gasteiger partial charge in [0.15, 0.2) is 5.78 Å². The van der Waals surface area contributed by atoms with E-state index >= 15 is 0 Å². The number of benzene rings is 2. The number of ether oxygens (including phenoxy) is 1. The van der Waals surface area contributed by atoms with Gasteiger partial charge in [-0.3, -0.25) is 4.79 Å². The summed E-state index contributed by atoms with van der Waals surface area (Å²) >= 11 is 0. The van der Waals surface area contributed by atoms with Crippen molar-refractivity contribution in [1.29, 1.82) is 0 Å². The van der Waals surface area contributed by atoms with E-state index in [-0.39, 0.29) is 11.6 Å². The minimum absolute atomic E-state index is 0.153. The van der Waals surface area contributed by atoms with Crippen LogP contribution < -0.4 is 4.74 Å². The van der Waals surface area contributed by atoms with Gasteiger partial charge in [0.1, 0.15) is 11.6 Å². The Hall–Kier alpha value is -2.16. The summed E-state index contributed by atoms with van der Waals surface area (Å²) in [5, 5.41) is 0. The van der Waals surface area contributed by atoms with Crippen LogP contribution >= 0.6 is 0 Å². The molecule has 20 heavy (non-hydrogen) atoms. The van der Waals surface area contributed by atoms with E-state index < -0.39 is 0 Å². The van der Waals surface area contributed by atoms with Gasteiger partial charge >= 0.3 is 0 Å². The van der Waals surface area contributed by atoms with Crippen LogP contribution in [0.15, 0.2) is 42.5 Å². The van der Waals surface area contributed by atoms with Crippen LogP contribution in [0.5, 0.6) is 5.75 Å². The second-order valence-corrected chi connectivity index (χ2v) is 4.64. The standard InChI is InChI=1S/C17H17FO2/c1-3-10-20-16-7-5-4-6-14(16)17(19)13-8-9-15(18)12(2)11-13/h4-9,11H,3,10H2,1-2H3. The van der Waals surface area contributed by atoms with Gasteiger partial charge in [-0.2, -0.15) is 0 Å². The maximum Gasteiger partial charge on any atom is 0.196 e. The van der Waals surface area contributed by atoms with Gasteiger partial charge in [-0.1, -0.05) is 19.1 Å². The minimum Gasteiger partial charge on any atom is -0.493 e. The van der Waals surface area contributed by atoms with Crippen LogP contribution in [0.2, 0.25) is 0 Å². The molecule has 0 aliphatic carbocycles. The number of hydrogen-bond acceptors (Lipinski definition) is 2. The third-order valence-corrected chi connectivity index (χ3v) is 3.01. The number of aryl methyl sites for hydroxylation is 1. The van der Waals surface area contributed by atoms with Crippen molar-refractivity contribution in [1.82, 2.24) is 0 Å². The van der Waals surface area contributed by atoms with Gasteiger partial charge in [0, 0.05) is 5.56 Å². The topological polar surface area (TPSA) is 26.3 Å². The van der Waals surface area contributed by atoms with Crippen LogP contribution in [0.3, 0.4) is 0 Å². The highest BCUT2D eigenvalue weighted by atomic mass is 19.1. The Bertz CT molecular complexity index is 620. The van der Waals surface area contributed by atoms with E-state index in [0.29, 0.717) is 29.0 Å². The molecule has 2 aromatic carbocycles. The van der Waals surface area contributed by atoms with E-state index in [0.717, 1.165) is 6.42 Å². The molecular weight excluding hydrogens is 255 g/mol. The van der Waals surface area contributed by atoms with Crippen LogP contribution in [0.25, 0.3) is 0 Å². The third-order valence-electron chi connectivity index (χ3n) is 3.01. The van der Waals surface area contributed by atoms with Gasteiger partial charge in [-0.25, -0.2) is 4.39 Å². The zero-order chi connectivity index (χ0) is 14.5. The molecule has 0 saturated carbocycles. The first-order chi connectivity index (χ1) is 9.63. The second-order valence-electron chi connectivity index (χ2n) is 4.64. The molecule has 104 valence electrons. The van der Waals surface area contributed by atoms with Crippen molar-refractivity contribution in [2.24, 2.45) is 0 Å². The lowest BCUT2D eigenvalue weighted by Gasteiger charge is -2.10. The molecule has 0 aliphatic rings. The summed E-state index contributed by atoms with van der Waals surface area (Å²) < 4.78 is 18.9. The van der Waals surface area contributed by atoms with E-state index in [2.05, 4.69) is 0 Å². The Balaban J connectivity index is 2.35. The highest BCUT2D eigenvalue weighted by Gasteiger charge is 2.15. The molecule has 0 saturated heterocycles. The average molecular weight is 272 g/mol. The summed E-state index contributed by atoms with van der Waals surface area (Å²) in [6, 6.07) is 11.5. The number of rotatable bonds is 5. The van der Waals surface area contributed by atoms with Gasteiger partial charge < -0.3 is 4.74 Å². The van der Waals surface area contributed by atoms with E-state index in [1.165, 1.54) is 12.1 Å². The summed E-state index contributed by atoms with van der Waals surface area (Å²) in [4.78, 5) is 12.5. The van der Waals surface area contributed by atoms with Crippen LogP contribution in [-0.2, 0) is 0 Å². The largest absolute Gasteiger partial charge is 0.493 e. The first-order valence-electron chi connectivity index (χ1n) is 6.66. The van der Waals surface area contributed by atoms with Crippen LogP contribution in [0.4, 0.5) is 4.39 Å². The van der Waals surface area contributed by atoms with Gasteiger partial charge in [0.2, 0.25) is 0 Å². The molecule has 0 amide bonds. The molecule has 0 aliphatic heterocycles. The molecule has 0 aromatic heterocycles. The van der Waals surface area contributed by atoms with Crippen molar-refractivity contribution in [3.8, 4) is 5.75 Å². The van der Waals surface area contributed by atoms with Crippen molar-refractivity contribution in [3.05, 3.63) is 65.0 Å². The fourth-order valence-electron chi connectivity index (χ4n) is 1.93. The second kappa shape index (κ2) is 6.33. The number of para-hydroxylation sites is 1. The number of ketones is 1. The predicted molar refractivity (Wildman–Crippen MR) is 76.8 cm³/mol. The first-order valence-corrected chi connectivity index (χ1v) is 6.66. The highest BCUT2D eigenvalue weighted by molar-refractivity contribution is 6.10. The van der Waals surface area contributed by atoms with E-state index in [9.17, 15) is 9.18 Å². The van der Waals surface area contributed by atoms with E-state index in [4.69, 9.17) is 4.74 Å². The number of hydrogen-bond donors (Lipinski definition) is 0. The molecular formula is C17H17FO2.